The van der Waals surface area contributed by atoms with Gasteiger partial charge in [0.05, 0.1) is 40.3 Å². The van der Waals surface area contributed by atoms with Gasteiger partial charge in [-0.1, -0.05) is 145 Å². The minimum absolute atomic E-state index is 0.0287. The van der Waals surface area contributed by atoms with Crippen molar-refractivity contribution < 1.29 is 38.2 Å². The van der Waals surface area contributed by atoms with Gasteiger partial charge in [-0.25, -0.2) is 0 Å². The SMILES string of the molecule is CC/C=C/C/C=C/C/C=C/CCCCCCCCCCCCCCCC(=O)OC(COCCC(C(=O)[O-])[N+](C)(C)C)COC(=O)CCCC/C=C/C/C=C/CC. The second-order valence-corrected chi connectivity index (χ2v) is 15.9. The van der Waals surface area contributed by atoms with Crippen molar-refractivity contribution in [2.75, 3.05) is 41.0 Å². The molecule has 322 valence electrons. The summed E-state index contributed by atoms with van der Waals surface area (Å²) in [5, 5.41) is 11.6. The van der Waals surface area contributed by atoms with Crippen molar-refractivity contribution in [3.05, 3.63) is 60.8 Å². The van der Waals surface area contributed by atoms with Crippen molar-refractivity contribution in [1.29, 1.82) is 0 Å². The average molecular weight is 786 g/mol. The van der Waals surface area contributed by atoms with Crippen LogP contribution in [0.5, 0.6) is 0 Å². The Hall–Kier alpha value is -2.97. The van der Waals surface area contributed by atoms with Gasteiger partial charge < -0.3 is 28.6 Å². The first-order valence-electron chi connectivity index (χ1n) is 22.3. The lowest BCUT2D eigenvalue weighted by Crippen LogP contribution is -2.55. The monoisotopic (exact) mass is 786 g/mol. The number of nitrogens with zero attached hydrogens (tertiary/aromatic N) is 1. The van der Waals surface area contributed by atoms with Gasteiger partial charge in [-0.3, -0.25) is 9.59 Å². The van der Waals surface area contributed by atoms with Gasteiger partial charge in [0, 0.05) is 19.3 Å². The predicted octanol–water partition coefficient (Wildman–Crippen LogP) is 10.9. The molecule has 2 atom stereocenters. The molecule has 0 bridgehead atoms. The van der Waals surface area contributed by atoms with Crippen LogP contribution in [0, 0.1) is 0 Å². The lowest BCUT2D eigenvalue weighted by atomic mass is 10.0. The Bertz CT molecular complexity index is 1100. The summed E-state index contributed by atoms with van der Waals surface area (Å²) in [6, 6.07) is -0.731. The van der Waals surface area contributed by atoms with Crippen LogP contribution in [0.3, 0.4) is 0 Å². The van der Waals surface area contributed by atoms with E-state index in [4.69, 9.17) is 14.2 Å². The van der Waals surface area contributed by atoms with Gasteiger partial charge in [0.25, 0.3) is 0 Å². The van der Waals surface area contributed by atoms with E-state index in [0.717, 1.165) is 70.6 Å². The summed E-state index contributed by atoms with van der Waals surface area (Å²) in [6.45, 7) is 4.38. The minimum atomic E-state index is -1.13. The van der Waals surface area contributed by atoms with E-state index < -0.39 is 18.1 Å². The van der Waals surface area contributed by atoms with E-state index in [1.165, 1.54) is 70.6 Å². The van der Waals surface area contributed by atoms with E-state index in [9.17, 15) is 19.5 Å². The highest BCUT2D eigenvalue weighted by atomic mass is 16.6. The van der Waals surface area contributed by atoms with Crippen molar-refractivity contribution in [2.24, 2.45) is 0 Å². The summed E-state index contributed by atoms with van der Waals surface area (Å²) in [4.78, 5) is 36.7. The highest BCUT2D eigenvalue weighted by molar-refractivity contribution is 5.70. The van der Waals surface area contributed by atoms with Gasteiger partial charge in [0.2, 0.25) is 0 Å². The van der Waals surface area contributed by atoms with E-state index in [-0.39, 0.29) is 42.7 Å². The Morgan fingerprint density at radius 1 is 0.536 bits per heavy atom. The molecule has 0 rings (SSSR count). The largest absolute Gasteiger partial charge is 0.544 e. The standard InChI is InChI=1S/C48H83NO7/c1-6-8-10-12-14-16-17-18-19-20-21-22-23-24-25-26-27-28-29-31-33-35-37-39-47(51)56-44(42-54-41-40-45(48(52)53)49(3,4)5)43-55-46(50)38-36-34-32-30-15-13-11-9-7-2/h8-11,14-16,18-19,30,44-45H,6-7,12-13,17,20-29,31-43H2,1-5H3/b10-8+,11-9+,16-14+,19-18+,30-15+. The molecule has 0 heterocycles. The molecule has 0 spiro atoms. The van der Waals surface area contributed by atoms with Crippen LogP contribution in [0.15, 0.2) is 60.8 Å². The summed E-state index contributed by atoms with van der Waals surface area (Å²) in [5.41, 5.74) is 0. The first-order valence-corrected chi connectivity index (χ1v) is 22.3. The fraction of sp³-hybridized carbons (Fsp3) is 0.729. The number of quaternary nitrogens is 1. The third-order valence-corrected chi connectivity index (χ3v) is 9.65. The summed E-state index contributed by atoms with van der Waals surface area (Å²) < 4.78 is 17.1. The lowest BCUT2D eigenvalue weighted by molar-refractivity contribution is -0.889. The van der Waals surface area contributed by atoms with Crippen LogP contribution in [0.4, 0.5) is 0 Å². The smallest absolute Gasteiger partial charge is 0.306 e. The molecule has 0 amide bonds. The molecule has 8 heteroatoms. The van der Waals surface area contributed by atoms with Crippen LogP contribution in [0.1, 0.15) is 174 Å². The quantitative estimate of drug-likeness (QED) is 0.0265. The molecule has 0 aromatic heterocycles. The van der Waals surface area contributed by atoms with E-state index in [0.29, 0.717) is 12.8 Å². The Kier molecular flexibility index (Phi) is 36.8. The van der Waals surface area contributed by atoms with Crippen LogP contribution in [0.25, 0.3) is 0 Å². The molecule has 0 aliphatic rings. The topological polar surface area (TPSA) is 102 Å². The maximum Gasteiger partial charge on any atom is 0.306 e. The molecule has 56 heavy (non-hydrogen) atoms. The molecule has 0 saturated carbocycles. The zero-order chi connectivity index (χ0) is 41.4. The third kappa shape index (κ3) is 36.7. The zero-order valence-electron chi connectivity index (χ0n) is 36.5. The Labute approximate surface area is 343 Å². The number of hydrogen-bond donors (Lipinski definition) is 0. The van der Waals surface area contributed by atoms with Gasteiger partial charge in [0.15, 0.2) is 6.10 Å². The van der Waals surface area contributed by atoms with Crippen LogP contribution >= 0.6 is 0 Å². The number of esters is 2. The number of hydrogen-bond acceptors (Lipinski definition) is 7. The Balaban J connectivity index is 4.20. The van der Waals surface area contributed by atoms with E-state index in [1.807, 2.05) is 0 Å². The fourth-order valence-corrected chi connectivity index (χ4v) is 6.24. The maximum absolute atomic E-state index is 12.7. The number of carboxylic acids is 1. The Morgan fingerprint density at radius 3 is 1.43 bits per heavy atom. The second-order valence-electron chi connectivity index (χ2n) is 15.9. The maximum atomic E-state index is 12.7. The highest BCUT2D eigenvalue weighted by Crippen LogP contribution is 2.15. The minimum Gasteiger partial charge on any atom is -0.544 e. The first kappa shape index (κ1) is 53.0. The average Bonchev–Trinajstić information content (AvgIpc) is 3.15. The Morgan fingerprint density at radius 2 is 0.946 bits per heavy atom. The number of allylic oxidation sites excluding steroid dienone is 10. The highest BCUT2D eigenvalue weighted by Gasteiger charge is 2.25. The van der Waals surface area contributed by atoms with Gasteiger partial charge in [-0.15, -0.1) is 0 Å². The number of aliphatic carboxylic acids is 1. The molecule has 0 saturated heterocycles. The van der Waals surface area contributed by atoms with Crippen molar-refractivity contribution in [1.82, 2.24) is 0 Å². The normalized spacial score (nSPS) is 13.5. The first-order chi connectivity index (χ1) is 27.1. The molecule has 0 fully saturated rings. The van der Waals surface area contributed by atoms with Gasteiger partial charge in [0.1, 0.15) is 12.6 Å². The summed E-state index contributed by atoms with van der Waals surface area (Å²) in [7, 11) is 5.39. The molecule has 0 aromatic rings. The van der Waals surface area contributed by atoms with Gasteiger partial charge >= 0.3 is 11.9 Å². The number of carboxylic acid groups (broad SMARTS) is 1. The molecular formula is C48H83NO7. The molecular weight excluding hydrogens is 703 g/mol. The summed E-state index contributed by atoms with van der Waals surface area (Å²) in [6.07, 6.45) is 47.0. The molecule has 0 radical (unpaired) electrons. The lowest BCUT2D eigenvalue weighted by Gasteiger charge is -2.34. The van der Waals surface area contributed by atoms with E-state index in [2.05, 4.69) is 74.6 Å². The number of carbonyl (C=O) groups is 3. The summed E-state index contributed by atoms with van der Waals surface area (Å²) in [5.74, 6) is -1.79. The zero-order valence-corrected chi connectivity index (χ0v) is 36.5. The van der Waals surface area contributed by atoms with Crippen LogP contribution in [0.2, 0.25) is 0 Å². The van der Waals surface area contributed by atoms with E-state index >= 15 is 0 Å². The molecule has 0 aromatic carbocycles. The van der Waals surface area contributed by atoms with Gasteiger partial charge in [-0.2, -0.15) is 0 Å². The van der Waals surface area contributed by atoms with Crippen molar-refractivity contribution in [3.63, 3.8) is 0 Å². The third-order valence-electron chi connectivity index (χ3n) is 9.65. The molecule has 0 aliphatic heterocycles. The van der Waals surface area contributed by atoms with Crippen molar-refractivity contribution in [2.45, 2.75) is 187 Å². The number of ether oxygens (including phenoxy) is 3. The molecule has 0 aliphatic carbocycles. The van der Waals surface area contributed by atoms with Gasteiger partial charge in [-0.05, 0) is 70.6 Å². The predicted molar refractivity (Wildman–Crippen MR) is 231 cm³/mol. The number of unbranched alkanes of at least 4 members (excludes halogenated alkanes) is 15. The summed E-state index contributed by atoms with van der Waals surface area (Å²) >= 11 is 0. The molecule has 2 unspecified atom stereocenters. The van der Waals surface area contributed by atoms with Crippen LogP contribution in [-0.2, 0) is 28.6 Å². The number of rotatable bonds is 39. The number of carbonyl (C=O) groups excluding carboxylic acids is 3. The van der Waals surface area contributed by atoms with E-state index in [1.54, 1.807) is 21.1 Å². The number of likely N-dealkylation sites (N-methyl/N-ethyl adjacent to an activating group) is 1. The molecule has 0 N–H and O–H groups in total. The molecule has 8 nitrogen and oxygen atoms in total. The fourth-order valence-electron chi connectivity index (χ4n) is 6.24. The van der Waals surface area contributed by atoms with Crippen molar-refractivity contribution in [3.8, 4) is 0 Å². The van der Waals surface area contributed by atoms with Crippen molar-refractivity contribution >= 4 is 17.9 Å². The van der Waals surface area contributed by atoms with Crippen LogP contribution in [-0.4, -0.2) is 75.5 Å². The second kappa shape index (κ2) is 38.9. The van der Waals surface area contributed by atoms with Crippen LogP contribution < -0.4 is 5.11 Å².